The molecule has 1 aliphatic heterocycles. The van der Waals surface area contributed by atoms with Gasteiger partial charge in [0.1, 0.15) is 5.76 Å². The summed E-state index contributed by atoms with van der Waals surface area (Å²) < 4.78 is 10.00. The lowest BCUT2D eigenvalue weighted by Gasteiger charge is -2.21. The second kappa shape index (κ2) is 7.32. The standard InChI is InChI=1S/C22H22ClNO4/c1-12-10-15(14-6-8-16(23)9-7-14)11-13(2)17(12)18-19(28-21(26)27-5)22(3,4)24-20(18)25/h6-11H,1-5H3,(H,24,25). The van der Waals surface area contributed by atoms with E-state index in [0.717, 1.165) is 27.8 Å². The van der Waals surface area contributed by atoms with Gasteiger partial charge in [0, 0.05) is 5.02 Å². The third-order valence-electron chi connectivity index (χ3n) is 4.76. The van der Waals surface area contributed by atoms with Crippen LogP contribution in [-0.4, -0.2) is 24.7 Å². The van der Waals surface area contributed by atoms with Gasteiger partial charge in [0.15, 0.2) is 0 Å². The molecule has 2 aromatic rings. The largest absolute Gasteiger partial charge is 0.513 e. The summed E-state index contributed by atoms with van der Waals surface area (Å²) in [5.74, 6) is -0.0239. The average molecular weight is 400 g/mol. The van der Waals surface area contributed by atoms with E-state index in [2.05, 4.69) is 10.1 Å². The molecule has 5 nitrogen and oxygen atoms in total. The van der Waals surface area contributed by atoms with Gasteiger partial charge in [-0.25, -0.2) is 4.79 Å². The Bertz CT molecular complexity index is 967. The number of rotatable bonds is 3. The van der Waals surface area contributed by atoms with Crippen LogP contribution < -0.4 is 5.32 Å². The van der Waals surface area contributed by atoms with Gasteiger partial charge in [-0.2, -0.15) is 0 Å². The van der Waals surface area contributed by atoms with Crippen LogP contribution in [0.2, 0.25) is 5.02 Å². The molecule has 0 atom stereocenters. The fourth-order valence-electron chi connectivity index (χ4n) is 3.52. The highest BCUT2D eigenvalue weighted by Crippen LogP contribution is 2.38. The molecule has 0 aromatic heterocycles. The summed E-state index contributed by atoms with van der Waals surface area (Å²) >= 11 is 5.98. The zero-order valence-corrected chi connectivity index (χ0v) is 17.2. The molecular weight excluding hydrogens is 378 g/mol. The van der Waals surface area contributed by atoms with Crippen LogP contribution in [0.4, 0.5) is 4.79 Å². The molecule has 1 heterocycles. The predicted octanol–water partition coefficient (Wildman–Crippen LogP) is 5.03. The monoisotopic (exact) mass is 399 g/mol. The Morgan fingerprint density at radius 1 is 1.04 bits per heavy atom. The molecule has 2 aromatic carbocycles. The van der Waals surface area contributed by atoms with Gasteiger partial charge in [0.2, 0.25) is 0 Å². The third-order valence-corrected chi connectivity index (χ3v) is 5.01. The molecule has 28 heavy (non-hydrogen) atoms. The van der Waals surface area contributed by atoms with Crippen molar-refractivity contribution in [3.8, 4) is 11.1 Å². The Hall–Kier alpha value is -2.79. The number of carbonyl (C=O) groups excluding carboxylic acids is 2. The van der Waals surface area contributed by atoms with Gasteiger partial charge in [0.25, 0.3) is 5.91 Å². The van der Waals surface area contributed by atoms with Crippen molar-refractivity contribution < 1.29 is 19.1 Å². The summed E-state index contributed by atoms with van der Waals surface area (Å²) in [6.07, 6.45) is -0.856. The van der Waals surface area contributed by atoms with E-state index in [1.165, 1.54) is 7.11 Å². The van der Waals surface area contributed by atoms with E-state index in [-0.39, 0.29) is 11.7 Å². The molecule has 0 fully saturated rings. The Morgan fingerprint density at radius 3 is 2.14 bits per heavy atom. The number of hydrogen-bond acceptors (Lipinski definition) is 4. The van der Waals surface area contributed by atoms with Gasteiger partial charge in [-0.05, 0) is 67.6 Å². The quantitative estimate of drug-likeness (QED) is 0.735. The van der Waals surface area contributed by atoms with Gasteiger partial charge in [-0.3, -0.25) is 4.79 Å². The van der Waals surface area contributed by atoms with Crippen LogP contribution in [0.25, 0.3) is 16.7 Å². The highest BCUT2D eigenvalue weighted by molar-refractivity contribution is 6.30. The predicted molar refractivity (Wildman–Crippen MR) is 109 cm³/mol. The summed E-state index contributed by atoms with van der Waals surface area (Å²) in [5.41, 5.74) is 4.13. The van der Waals surface area contributed by atoms with Crippen LogP contribution in [0.5, 0.6) is 0 Å². The summed E-state index contributed by atoms with van der Waals surface area (Å²) in [7, 11) is 1.23. The molecule has 3 rings (SSSR count). The third kappa shape index (κ3) is 3.62. The normalized spacial score (nSPS) is 15.4. The number of benzene rings is 2. The van der Waals surface area contributed by atoms with Crippen LogP contribution in [0.1, 0.15) is 30.5 Å². The van der Waals surface area contributed by atoms with E-state index in [1.54, 1.807) is 13.8 Å². The smallest absolute Gasteiger partial charge is 0.437 e. The zero-order chi connectivity index (χ0) is 20.6. The maximum atomic E-state index is 12.8. The Balaban J connectivity index is 2.16. The molecule has 0 saturated carbocycles. The molecular formula is C22H22ClNO4. The molecule has 0 bridgehead atoms. The van der Waals surface area contributed by atoms with E-state index < -0.39 is 11.7 Å². The van der Waals surface area contributed by atoms with E-state index in [4.69, 9.17) is 16.3 Å². The summed E-state index contributed by atoms with van der Waals surface area (Å²) in [5, 5.41) is 3.54. The topological polar surface area (TPSA) is 64.6 Å². The molecule has 1 aliphatic rings. The van der Waals surface area contributed by atoms with Crippen molar-refractivity contribution in [1.29, 1.82) is 0 Å². The molecule has 0 saturated heterocycles. The summed E-state index contributed by atoms with van der Waals surface area (Å²) in [6.45, 7) is 7.43. The number of hydrogen-bond donors (Lipinski definition) is 1. The molecule has 1 N–H and O–H groups in total. The van der Waals surface area contributed by atoms with Crippen molar-refractivity contribution in [2.24, 2.45) is 0 Å². The minimum absolute atomic E-state index is 0.259. The minimum atomic E-state index is -0.856. The van der Waals surface area contributed by atoms with Gasteiger partial charge >= 0.3 is 6.16 Å². The first-order chi connectivity index (χ1) is 13.1. The first kappa shape index (κ1) is 20.0. The van der Waals surface area contributed by atoms with Gasteiger partial charge in [0.05, 0.1) is 18.2 Å². The number of nitrogens with one attached hydrogen (secondary N) is 1. The van der Waals surface area contributed by atoms with E-state index in [0.29, 0.717) is 10.6 Å². The molecule has 1 amide bonds. The lowest BCUT2D eigenvalue weighted by atomic mass is 9.89. The molecule has 0 spiro atoms. The Labute approximate surface area is 169 Å². The summed E-state index contributed by atoms with van der Waals surface area (Å²) in [6, 6.07) is 11.6. The fraction of sp³-hybridized carbons (Fsp3) is 0.273. The molecule has 6 heteroatoms. The number of aryl methyl sites for hydroxylation is 2. The van der Waals surface area contributed by atoms with Gasteiger partial charge < -0.3 is 14.8 Å². The van der Waals surface area contributed by atoms with Crippen LogP contribution >= 0.6 is 11.6 Å². The van der Waals surface area contributed by atoms with Crippen molar-refractivity contribution in [2.75, 3.05) is 7.11 Å². The van der Waals surface area contributed by atoms with Gasteiger partial charge in [-0.1, -0.05) is 35.9 Å². The molecule has 0 unspecified atom stereocenters. The lowest BCUT2D eigenvalue weighted by Crippen LogP contribution is -2.39. The Kier molecular flexibility index (Phi) is 5.22. The highest BCUT2D eigenvalue weighted by Gasteiger charge is 2.42. The lowest BCUT2D eigenvalue weighted by molar-refractivity contribution is -0.115. The second-order valence-corrected chi connectivity index (χ2v) is 7.77. The summed E-state index contributed by atoms with van der Waals surface area (Å²) in [4.78, 5) is 24.5. The van der Waals surface area contributed by atoms with Crippen LogP contribution in [-0.2, 0) is 14.3 Å². The number of carbonyl (C=O) groups is 2. The highest BCUT2D eigenvalue weighted by atomic mass is 35.5. The maximum Gasteiger partial charge on any atom is 0.513 e. The number of ether oxygens (including phenoxy) is 2. The SMILES string of the molecule is COC(=O)OC1=C(c2c(C)cc(-c3ccc(Cl)cc3)cc2C)C(=O)NC1(C)C. The average Bonchev–Trinajstić information content (AvgIpc) is 2.84. The number of methoxy groups -OCH3 is 1. The number of amides is 1. The molecule has 146 valence electrons. The van der Waals surface area contributed by atoms with Crippen LogP contribution in [0, 0.1) is 13.8 Å². The molecule has 0 aliphatic carbocycles. The van der Waals surface area contributed by atoms with Crippen LogP contribution in [0.3, 0.4) is 0 Å². The second-order valence-electron chi connectivity index (χ2n) is 7.33. The van der Waals surface area contributed by atoms with Crippen molar-refractivity contribution in [2.45, 2.75) is 33.2 Å². The van der Waals surface area contributed by atoms with E-state index in [1.807, 2.05) is 50.2 Å². The van der Waals surface area contributed by atoms with Crippen molar-refractivity contribution in [1.82, 2.24) is 5.32 Å². The maximum absolute atomic E-state index is 12.8. The van der Waals surface area contributed by atoms with E-state index >= 15 is 0 Å². The Morgan fingerprint density at radius 2 is 1.61 bits per heavy atom. The van der Waals surface area contributed by atoms with Crippen molar-refractivity contribution in [3.05, 3.63) is 63.9 Å². The van der Waals surface area contributed by atoms with Crippen LogP contribution in [0.15, 0.2) is 42.2 Å². The van der Waals surface area contributed by atoms with Gasteiger partial charge in [-0.15, -0.1) is 0 Å². The minimum Gasteiger partial charge on any atom is -0.437 e. The van der Waals surface area contributed by atoms with Crippen molar-refractivity contribution in [3.63, 3.8) is 0 Å². The zero-order valence-electron chi connectivity index (χ0n) is 16.5. The fourth-order valence-corrected chi connectivity index (χ4v) is 3.64. The van der Waals surface area contributed by atoms with E-state index in [9.17, 15) is 9.59 Å². The van der Waals surface area contributed by atoms with Crippen molar-refractivity contribution >= 4 is 29.2 Å². The number of halogens is 1. The molecule has 0 radical (unpaired) electrons. The first-order valence-electron chi connectivity index (χ1n) is 8.84. The first-order valence-corrected chi connectivity index (χ1v) is 9.22.